The number of carbonyl (C=O) groups excluding carboxylic acids is 1. The van der Waals surface area contributed by atoms with Crippen molar-refractivity contribution >= 4 is 6.03 Å². The Labute approximate surface area is 137 Å². The molecule has 2 amide bonds. The first-order valence-corrected chi connectivity index (χ1v) is 8.73. The number of benzene rings is 1. The van der Waals surface area contributed by atoms with Crippen molar-refractivity contribution in [2.24, 2.45) is 0 Å². The van der Waals surface area contributed by atoms with Gasteiger partial charge in [0.2, 0.25) is 0 Å². The second kappa shape index (κ2) is 7.77. The fourth-order valence-electron chi connectivity index (χ4n) is 3.54. The van der Waals surface area contributed by atoms with Gasteiger partial charge >= 0.3 is 6.03 Å². The molecule has 2 fully saturated rings. The van der Waals surface area contributed by atoms with Gasteiger partial charge in [0, 0.05) is 31.2 Å². The maximum absolute atomic E-state index is 13.8. The summed E-state index contributed by atoms with van der Waals surface area (Å²) in [4.78, 5) is 16.4. The van der Waals surface area contributed by atoms with Crippen molar-refractivity contribution in [3.63, 3.8) is 0 Å². The van der Waals surface area contributed by atoms with Gasteiger partial charge in [-0.05, 0) is 25.3 Å². The van der Waals surface area contributed by atoms with E-state index in [9.17, 15) is 9.18 Å². The lowest BCUT2D eigenvalue weighted by Crippen LogP contribution is -2.52. The molecule has 0 atom stereocenters. The molecule has 2 aliphatic rings. The van der Waals surface area contributed by atoms with Crippen molar-refractivity contribution in [3.8, 4) is 0 Å². The van der Waals surface area contributed by atoms with E-state index in [1.165, 1.54) is 25.3 Å². The second-order valence-electron chi connectivity index (χ2n) is 6.69. The number of amides is 2. The molecule has 0 bridgehead atoms. The van der Waals surface area contributed by atoms with Crippen LogP contribution in [-0.2, 0) is 6.54 Å². The quantitative estimate of drug-likeness (QED) is 0.927. The summed E-state index contributed by atoms with van der Waals surface area (Å²) in [7, 11) is 0. The zero-order chi connectivity index (χ0) is 16.1. The number of hydrogen-bond donors (Lipinski definition) is 1. The summed E-state index contributed by atoms with van der Waals surface area (Å²) >= 11 is 0. The first-order valence-electron chi connectivity index (χ1n) is 8.73. The van der Waals surface area contributed by atoms with Crippen molar-refractivity contribution in [1.29, 1.82) is 0 Å². The third-order valence-electron chi connectivity index (χ3n) is 4.84. The van der Waals surface area contributed by atoms with Gasteiger partial charge in [0.15, 0.2) is 0 Å². The van der Waals surface area contributed by atoms with Gasteiger partial charge in [-0.2, -0.15) is 0 Å². The zero-order valence-corrected chi connectivity index (χ0v) is 13.6. The Bertz CT molecular complexity index is 531. The van der Waals surface area contributed by atoms with E-state index in [4.69, 9.17) is 0 Å². The largest absolute Gasteiger partial charge is 0.335 e. The Kier molecular flexibility index (Phi) is 5.49. The van der Waals surface area contributed by atoms with Crippen molar-refractivity contribution in [1.82, 2.24) is 15.1 Å². The highest BCUT2D eigenvalue weighted by atomic mass is 19.1. The van der Waals surface area contributed by atoms with Gasteiger partial charge in [-0.1, -0.05) is 37.5 Å². The lowest BCUT2D eigenvalue weighted by atomic mass is 9.96. The molecule has 0 spiro atoms. The van der Waals surface area contributed by atoms with E-state index in [1.54, 1.807) is 6.07 Å². The van der Waals surface area contributed by atoms with Gasteiger partial charge in [-0.3, -0.25) is 4.90 Å². The fourth-order valence-corrected chi connectivity index (χ4v) is 3.54. The van der Waals surface area contributed by atoms with Crippen LogP contribution < -0.4 is 5.32 Å². The SMILES string of the molecule is O=C(NC1CCCCC1)N1CCCN(Cc2ccccc2F)C1. The van der Waals surface area contributed by atoms with E-state index in [0.717, 1.165) is 32.4 Å². The van der Waals surface area contributed by atoms with Crippen LogP contribution in [-0.4, -0.2) is 41.6 Å². The van der Waals surface area contributed by atoms with Crippen LogP contribution in [0.3, 0.4) is 0 Å². The molecule has 1 heterocycles. The summed E-state index contributed by atoms with van der Waals surface area (Å²) in [5.74, 6) is -0.170. The molecular formula is C18H26FN3O. The minimum atomic E-state index is -0.170. The Morgan fingerprint density at radius 3 is 2.70 bits per heavy atom. The van der Waals surface area contributed by atoms with Crippen LogP contribution in [0.25, 0.3) is 0 Å². The first-order chi connectivity index (χ1) is 11.2. The number of rotatable bonds is 3. The molecule has 126 valence electrons. The number of halogens is 1. The predicted octanol–water partition coefficient (Wildman–Crippen LogP) is 3.33. The number of nitrogens with zero attached hydrogens (tertiary/aromatic N) is 2. The van der Waals surface area contributed by atoms with Gasteiger partial charge in [0.05, 0.1) is 6.67 Å². The molecule has 1 saturated heterocycles. The highest BCUT2D eigenvalue weighted by molar-refractivity contribution is 5.74. The average Bonchev–Trinajstić information content (AvgIpc) is 2.58. The number of urea groups is 1. The van der Waals surface area contributed by atoms with Crippen LogP contribution in [0.2, 0.25) is 0 Å². The summed E-state index contributed by atoms with van der Waals surface area (Å²) in [6, 6.07) is 7.24. The lowest BCUT2D eigenvalue weighted by Gasteiger charge is -2.36. The van der Waals surface area contributed by atoms with Gasteiger partial charge < -0.3 is 10.2 Å². The van der Waals surface area contributed by atoms with E-state index in [2.05, 4.69) is 10.2 Å². The summed E-state index contributed by atoms with van der Waals surface area (Å²) in [6.07, 6.45) is 6.84. The van der Waals surface area contributed by atoms with Gasteiger partial charge in [-0.15, -0.1) is 0 Å². The number of hydrogen-bond acceptors (Lipinski definition) is 2. The fraction of sp³-hybridized carbons (Fsp3) is 0.611. The molecule has 1 aromatic carbocycles. The summed E-state index contributed by atoms with van der Waals surface area (Å²) < 4.78 is 13.8. The molecule has 3 rings (SSSR count). The maximum atomic E-state index is 13.8. The van der Waals surface area contributed by atoms with Crippen LogP contribution in [0.1, 0.15) is 44.1 Å². The minimum absolute atomic E-state index is 0.0372. The third-order valence-corrected chi connectivity index (χ3v) is 4.84. The molecule has 1 saturated carbocycles. The minimum Gasteiger partial charge on any atom is -0.335 e. The molecule has 0 aromatic heterocycles. The molecule has 1 N–H and O–H groups in total. The Morgan fingerprint density at radius 2 is 1.91 bits per heavy atom. The Hall–Kier alpha value is -1.62. The van der Waals surface area contributed by atoms with Crippen LogP contribution in [0.5, 0.6) is 0 Å². The highest BCUT2D eigenvalue weighted by Gasteiger charge is 2.24. The van der Waals surface area contributed by atoms with E-state index in [0.29, 0.717) is 24.8 Å². The molecule has 1 aliphatic heterocycles. The summed E-state index contributed by atoms with van der Waals surface area (Å²) in [5, 5.41) is 3.17. The Balaban J connectivity index is 1.53. The monoisotopic (exact) mass is 319 g/mol. The van der Waals surface area contributed by atoms with E-state index < -0.39 is 0 Å². The topological polar surface area (TPSA) is 35.6 Å². The summed E-state index contributed by atoms with van der Waals surface area (Å²) in [6.45, 7) is 2.82. The smallest absolute Gasteiger partial charge is 0.318 e. The van der Waals surface area contributed by atoms with Crippen LogP contribution in [0.15, 0.2) is 24.3 Å². The van der Waals surface area contributed by atoms with Crippen LogP contribution in [0.4, 0.5) is 9.18 Å². The van der Waals surface area contributed by atoms with Crippen molar-refractivity contribution < 1.29 is 9.18 Å². The first kappa shape index (κ1) is 16.2. The molecule has 4 nitrogen and oxygen atoms in total. The van der Waals surface area contributed by atoms with Crippen molar-refractivity contribution in [3.05, 3.63) is 35.6 Å². The molecule has 5 heteroatoms. The third kappa shape index (κ3) is 4.44. The summed E-state index contributed by atoms with van der Waals surface area (Å²) in [5.41, 5.74) is 0.696. The van der Waals surface area contributed by atoms with E-state index in [-0.39, 0.29) is 11.8 Å². The Morgan fingerprint density at radius 1 is 1.13 bits per heavy atom. The van der Waals surface area contributed by atoms with Crippen molar-refractivity contribution in [2.75, 3.05) is 19.8 Å². The molecular weight excluding hydrogens is 293 g/mol. The number of nitrogens with one attached hydrogen (secondary N) is 1. The highest BCUT2D eigenvalue weighted by Crippen LogP contribution is 2.18. The van der Waals surface area contributed by atoms with Gasteiger partial charge in [0.1, 0.15) is 5.82 Å². The number of carbonyl (C=O) groups is 1. The zero-order valence-electron chi connectivity index (χ0n) is 13.6. The van der Waals surface area contributed by atoms with Crippen molar-refractivity contribution in [2.45, 2.75) is 51.1 Å². The molecule has 0 unspecified atom stereocenters. The van der Waals surface area contributed by atoms with Crippen LogP contribution >= 0.6 is 0 Å². The van der Waals surface area contributed by atoms with Gasteiger partial charge in [-0.25, -0.2) is 9.18 Å². The standard InChI is InChI=1S/C18H26FN3O/c19-17-10-5-4-7-15(17)13-21-11-6-12-22(14-21)18(23)20-16-8-2-1-3-9-16/h4-5,7,10,16H,1-3,6,8-9,11-14H2,(H,20,23). The molecule has 23 heavy (non-hydrogen) atoms. The normalized spacial score (nSPS) is 20.5. The maximum Gasteiger partial charge on any atom is 0.318 e. The van der Waals surface area contributed by atoms with E-state index >= 15 is 0 Å². The second-order valence-corrected chi connectivity index (χ2v) is 6.69. The van der Waals surface area contributed by atoms with E-state index in [1.807, 2.05) is 17.0 Å². The average molecular weight is 319 g/mol. The van der Waals surface area contributed by atoms with Gasteiger partial charge in [0.25, 0.3) is 0 Å². The molecule has 0 radical (unpaired) electrons. The lowest BCUT2D eigenvalue weighted by molar-refractivity contribution is 0.0952. The molecule has 1 aliphatic carbocycles. The van der Waals surface area contributed by atoms with Crippen LogP contribution in [0, 0.1) is 5.82 Å². The predicted molar refractivity (Wildman–Crippen MR) is 88.4 cm³/mol. The molecule has 1 aromatic rings.